The van der Waals surface area contributed by atoms with E-state index in [0.717, 1.165) is 18.2 Å². The second-order valence-electron chi connectivity index (χ2n) is 3.56. The fourth-order valence-corrected chi connectivity index (χ4v) is 2.56. The molecule has 5 nitrogen and oxygen atoms in total. The first-order chi connectivity index (χ1) is 9.03. The third-order valence-electron chi connectivity index (χ3n) is 2.15. The van der Waals surface area contributed by atoms with E-state index in [1.807, 2.05) is 0 Å². The summed E-state index contributed by atoms with van der Waals surface area (Å²) >= 11 is 5.56. The maximum Gasteiger partial charge on any atom is 0.522 e. The predicted molar refractivity (Wildman–Crippen MR) is 62.5 cm³/mol. The van der Waals surface area contributed by atoms with Gasteiger partial charge in [0.05, 0.1) is 27.8 Å². The van der Waals surface area contributed by atoms with Crippen molar-refractivity contribution in [2.24, 2.45) is 0 Å². The molecule has 0 aliphatic heterocycles. The second kappa shape index (κ2) is 5.98. The zero-order chi connectivity index (χ0) is 15.6. The quantitative estimate of drug-likeness (QED) is 0.895. The average Bonchev–Trinajstić information content (AvgIpc) is 2.26. The van der Waals surface area contributed by atoms with Gasteiger partial charge in [-0.25, -0.2) is 13.2 Å². The van der Waals surface area contributed by atoms with Gasteiger partial charge in [0.1, 0.15) is 0 Å². The number of hydrogen-bond acceptors (Lipinski definition) is 4. The molecule has 1 N–H and O–H groups in total. The van der Waals surface area contributed by atoms with Gasteiger partial charge in [-0.05, 0) is 18.2 Å². The van der Waals surface area contributed by atoms with Crippen molar-refractivity contribution in [1.29, 1.82) is 0 Å². The van der Waals surface area contributed by atoms with E-state index < -0.39 is 45.0 Å². The van der Waals surface area contributed by atoms with E-state index in [-0.39, 0.29) is 5.02 Å². The maximum atomic E-state index is 11.7. The molecule has 0 atom stereocenters. The summed E-state index contributed by atoms with van der Waals surface area (Å²) in [5.74, 6) is -2.38. The number of rotatable bonds is 5. The molecule has 0 amide bonds. The second-order valence-corrected chi connectivity index (χ2v) is 6.08. The molecule has 0 saturated heterocycles. The Hall–Kier alpha value is -1.32. The Kier molecular flexibility index (Phi) is 5.00. The van der Waals surface area contributed by atoms with E-state index in [0.29, 0.717) is 0 Å². The average molecular weight is 333 g/mol. The molecule has 1 aromatic carbocycles. The van der Waals surface area contributed by atoms with Crippen molar-refractivity contribution in [3.8, 4) is 0 Å². The van der Waals surface area contributed by atoms with E-state index in [9.17, 15) is 26.4 Å². The van der Waals surface area contributed by atoms with Gasteiger partial charge in [-0.1, -0.05) is 11.6 Å². The highest BCUT2D eigenvalue weighted by Crippen LogP contribution is 2.22. The molecule has 10 heteroatoms. The highest BCUT2D eigenvalue weighted by molar-refractivity contribution is 7.91. The number of sulfone groups is 1. The molecule has 0 bridgehead atoms. The first-order valence-corrected chi connectivity index (χ1v) is 7.02. The van der Waals surface area contributed by atoms with Crippen molar-refractivity contribution in [2.45, 2.75) is 11.3 Å². The lowest BCUT2D eigenvalue weighted by atomic mass is 10.2. The summed E-state index contributed by atoms with van der Waals surface area (Å²) in [6.45, 7) is -1.09. The normalized spacial score (nSPS) is 12.4. The number of carbonyl (C=O) groups is 1. The first-order valence-electron chi connectivity index (χ1n) is 4.99. The first kappa shape index (κ1) is 16.7. The summed E-state index contributed by atoms with van der Waals surface area (Å²) in [6, 6.07) is 2.84. The van der Waals surface area contributed by atoms with Crippen LogP contribution in [0.25, 0.3) is 0 Å². The third kappa shape index (κ3) is 4.66. The Morgan fingerprint density at radius 2 is 1.95 bits per heavy atom. The molecule has 0 fully saturated rings. The van der Waals surface area contributed by atoms with Crippen LogP contribution in [0.4, 0.5) is 13.2 Å². The zero-order valence-corrected chi connectivity index (χ0v) is 11.2. The molecule has 0 unspecified atom stereocenters. The van der Waals surface area contributed by atoms with Gasteiger partial charge in [-0.15, -0.1) is 13.2 Å². The van der Waals surface area contributed by atoms with Crippen LogP contribution in [0.3, 0.4) is 0 Å². The number of halogens is 4. The Bertz CT molecular complexity index is 612. The molecule has 20 heavy (non-hydrogen) atoms. The van der Waals surface area contributed by atoms with Gasteiger partial charge in [0.15, 0.2) is 9.84 Å². The van der Waals surface area contributed by atoms with Crippen molar-refractivity contribution < 1.29 is 36.2 Å². The number of carboxylic acids is 1. The summed E-state index contributed by atoms with van der Waals surface area (Å²) in [7, 11) is -4.10. The largest absolute Gasteiger partial charge is 0.522 e. The third-order valence-corrected chi connectivity index (χ3v) is 4.15. The standard InChI is InChI=1S/C10H8ClF3O5S/c11-8-2-1-6(5-7(8)9(15)16)20(17,18)4-3-19-10(12,13)14/h1-2,5H,3-4H2,(H,15,16). The fourth-order valence-electron chi connectivity index (χ4n) is 1.25. The minimum Gasteiger partial charge on any atom is -0.478 e. The molecule has 0 spiro atoms. The lowest BCUT2D eigenvalue weighted by Gasteiger charge is -2.09. The Labute approximate surface area is 116 Å². The van der Waals surface area contributed by atoms with Crippen molar-refractivity contribution in [1.82, 2.24) is 0 Å². The number of hydrogen-bond donors (Lipinski definition) is 1. The summed E-state index contributed by atoms with van der Waals surface area (Å²) in [4.78, 5) is 10.4. The van der Waals surface area contributed by atoms with Crippen LogP contribution in [0.5, 0.6) is 0 Å². The minimum absolute atomic E-state index is 0.178. The van der Waals surface area contributed by atoms with E-state index in [1.54, 1.807) is 0 Å². The van der Waals surface area contributed by atoms with Crippen LogP contribution in [0.1, 0.15) is 10.4 Å². The van der Waals surface area contributed by atoms with E-state index in [1.165, 1.54) is 0 Å². The number of alkyl halides is 3. The van der Waals surface area contributed by atoms with E-state index in [4.69, 9.17) is 16.7 Å². The number of aromatic carboxylic acids is 1. The molecule has 0 saturated carbocycles. The summed E-state index contributed by atoms with van der Waals surface area (Å²) in [6.07, 6.45) is -4.93. The molecule has 1 aromatic rings. The topological polar surface area (TPSA) is 80.7 Å². The van der Waals surface area contributed by atoms with Crippen LogP contribution >= 0.6 is 11.6 Å². The summed E-state index contributed by atoms with van der Waals surface area (Å²) in [5, 5.41) is 8.61. The van der Waals surface area contributed by atoms with Crippen LogP contribution in [0.2, 0.25) is 5.02 Å². The molecule has 112 valence electrons. The number of benzene rings is 1. The van der Waals surface area contributed by atoms with Gasteiger partial charge in [-0.3, -0.25) is 4.74 Å². The molecule has 0 aromatic heterocycles. The van der Waals surface area contributed by atoms with Gasteiger partial charge in [0.25, 0.3) is 0 Å². The van der Waals surface area contributed by atoms with Crippen molar-refractivity contribution in [3.05, 3.63) is 28.8 Å². The SMILES string of the molecule is O=C(O)c1cc(S(=O)(=O)CCOC(F)(F)F)ccc1Cl. The molecular formula is C10H8ClF3O5S. The Morgan fingerprint density at radius 3 is 2.45 bits per heavy atom. The van der Waals surface area contributed by atoms with Crippen LogP contribution in [-0.4, -0.2) is 38.2 Å². The lowest BCUT2D eigenvalue weighted by molar-refractivity contribution is -0.322. The van der Waals surface area contributed by atoms with Crippen LogP contribution in [0.15, 0.2) is 23.1 Å². The van der Waals surface area contributed by atoms with E-state index >= 15 is 0 Å². The van der Waals surface area contributed by atoms with Gasteiger partial charge >= 0.3 is 12.3 Å². The zero-order valence-electron chi connectivity index (χ0n) is 9.65. The van der Waals surface area contributed by atoms with Gasteiger partial charge < -0.3 is 5.11 Å². The van der Waals surface area contributed by atoms with E-state index in [2.05, 4.69) is 4.74 Å². The predicted octanol–water partition coefficient (Wildman–Crippen LogP) is 2.35. The highest BCUT2D eigenvalue weighted by Gasteiger charge is 2.30. The molecule has 0 aliphatic rings. The monoisotopic (exact) mass is 332 g/mol. The number of carboxylic acid groups (broad SMARTS) is 1. The number of ether oxygens (including phenoxy) is 1. The molecule has 0 aliphatic carbocycles. The lowest BCUT2D eigenvalue weighted by Crippen LogP contribution is -2.20. The van der Waals surface area contributed by atoms with Gasteiger partial charge in [-0.2, -0.15) is 0 Å². The van der Waals surface area contributed by atoms with Crippen LogP contribution in [-0.2, 0) is 14.6 Å². The molecule has 0 radical (unpaired) electrons. The molecular weight excluding hydrogens is 325 g/mol. The van der Waals surface area contributed by atoms with Crippen molar-refractivity contribution in [3.63, 3.8) is 0 Å². The van der Waals surface area contributed by atoms with Crippen molar-refractivity contribution >= 4 is 27.4 Å². The summed E-state index contributed by atoms with van der Waals surface area (Å²) in [5.41, 5.74) is -0.454. The summed E-state index contributed by atoms with van der Waals surface area (Å²) < 4.78 is 62.0. The van der Waals surface area contributed by atoms with Gasteiger partial charge in [0.2, 0.25) is 0 Å². The van der Waals surface area contributed by atoms with Gasteiger partial charge in [0, 0.05) is 0 Å². The Balaban J connectivity index is 2.93. The maximum absolute atomic E-state index is 11.7. The fraction of sp³-hybridized carbons (Fsp3) is 0.300. The van der Waals surface area contributed by atoms with Crippen LogP contribution in [0, 0.1) is 0 Å². The molecule has 1 rings (SSSR count). The van der Waals surface area contributed by atoms with Crippen molar-refractivity contribution in [2.75, 3.05) is 12.4 Å². The Morgan fingerprint density at radius 1 is 1.35 bits per heavy atom. The molecule has 0 heterocycles. The van der Waals surface area contributed by atoms with Crippen LogP contribution < -0.4 is 0 Å². The minimum atomic E-state index is -4.93. The smallest absolute Gasteiger partial charge is 0.478 e. The highest BCUT2D eigenvalue weighted by atomic mass is 35.5.